The van der Waals surface area contributed by atoms with Crippen LogP contribution in [0.25, 0.3) is 0 Å². The Labute approximate surface area is 115 Å². The Morgan fingerprint density at radius 1 is 1.00 bits per heavy atom. The fraction of sp³-hybridized carbons (Fsp3) is 0. The molecule has 0 aliphatic rings. The minimum absolute atomic E-state index is 0.00568. The maximum atomic E-state index is 12.5. The summed E-state index contributed by atoms with van der Waals surface area (Å²) in [5, 5.41) is 0.00568. The molecule has 0 aliphatic carbocycles. The number of benzene rings is 1. The van der Waals surface area contributed by atoms with E-state index in [1.54, 1.807) is 0 Å². The number of rotatable bonds is 3. The Morgan fingerprint density at radius 2 is 1.60 bits per heavy atom. The van der Waals surface area contributed by atoms with Crippen LogP contribution in [0.2, 0.25) is 5.15 Å². The van der Waals surface area contributed by atoms with Gasteiger partial charge in [0.05, 0.1) is 0 Å². The van der Waals surface area contributed by atoms with E-state index >= 15 is 0 Å². The highest BCUT2D eigenvalue weighted by atomic mass is 35.5. The molecule has 0 spiro atoms. The van der Waals surface area contributed by atoms with Gasteiger partial charge in [-0.2, -0.15) is 0 Å². The number of ether oxygens (including phenoxy) is 1. The average molecular weight is 331 g/mol. The monoisotopic (exact) mass is 330 g/mol. The number of pyridine rings is 1. The molecule has 0 fully saturated rings. The zero-order valence-electron chi connectivity index (χ0n) is 9.50. The van der Waals surface area contributed by atoms with Gasteiger partial charge >= 0.3 is 10.2 Å². The normalized spacial score (nSPS) is 15.3. The molecule has 1 aromatic heterocycles. The van der Waals surface area contributed by atoms with E-state index in [9.17, 15) is 19.4 Å². The third-order valence-corrected chi connectivity index (χ3v) is 3.48. The van der Waals surface area contributed by atoms with Gasteiger partial charge in [0.25, 0.3) is 0 Å². The molecular weight excluding hydrogens is 325 g/mol. The molecule has 0 unspecified atom stereocenters. The first-order valence-corrected chi connectivity index (χ1v) is 7.33. The second-order valence-electron chi connectivity index (χ2n) is 3.76. The molecule has 1 radical (unpaired) electrons. The summed E-state index contributed by atoms with van der Waals surface area (Å²) >= 11 is 5.54. The van der Waals surface area contributed by atoms with Crippen LogP contribution in [0.5, 0.6) is 11.6 Å². The van der Waals surface area contributed by atoms with Crippen LogP contribution in [0.1, 0.15) is 0 Å². The molecule has 0 saturated heterocycles. The van der Waals surface area contributed by atoms with Crippen molar-refractivity contribution < 1.29 is 24.2 Å². The standard InChI is InChI=1S/C11H6ClF5NOS/c12-10-2-1-3-11(18-10)19-8-4-6-9(7-5-8)20(13,14,15,16)17/h1,3-7H. The minimum Gasteiger partial charge on any atom is -0.439 e. The van der Waals surface area contributed by atoms with Crippen molar-refractivity contribution in [3.63, 3.8) is 0 Å². The van der Waals surface area contributed by atoms with E-state index in [0.717, 1.165) is 12.1 Å². The molecule has 2 rings (SSSR count). The Morgan fingerprint density at radius 3 is 2.10 bits per heavy atom. The van der Waals surface area contributed by atoms with Gasteiger partial charge in [0.2, 0.25) is 5.88 Å². The van der Waals surface area contributed by atoms with Crippen molar-refractivity contribution in [1.82, 2.24) is 4.98 Å². The third-order valence-electron chi connectivity index (χ3n) is 2.13. The summed E-state index contributed by atoms with van der Waals surface area (Å²) in [6.07, 6.45) is 0. The van der Waals surface area contributed by atoms with Crippen molar-refractivity contribution in [1.29, 1.82) is 0 Å². The number of hydrogen-bond donors (Lipinski definition) is 0. The molecule has 1 heterocycles. The molecule has 0 bridgehead atoms. The van der Waals surface area contributed by atoms with Gasteiger partial charge in [-0.05, 0) is 30.3 Å². The lowest BCUT2D eigenvalue weighted by Crippen LogP contribution is -2.05. The van der Waals surface area contributed by atoms with Crippen molar-refractivity contribution in [2.24, 2.45) is 0 Å². The summed E-state index contributed by atoms with van der Waals surface area (Å²) in [6.45, 7) is 0. The fourth-order valence-electron chi connectivity index (χ4n) is 1.29. The van der Waals surface area contributed by atoms with Crippen LogP contribution in [0, 0.1) is 6.07 Å². The van der Waals surface area contributed by atoms with Crippen molar-refractivity contribution in [2.45, 2.75) is 4.90 Å². The zero-order valence-corrected chi connectivity index (χ0v) is 11.1. The number of hydrogen-bond acceptors (Lipinski definition) is 2. The highest BCUT2D eigenvalue weighted by Gasteiger charge is 2.65. The Balaban J connectivity index is 2.26. The molecule has 0 amide bonds. The van der Waals surface area contributed by atoms with E-state index in [1.807, 2.05) is 0 Å². The molecular formula is C11H6ClF5NOS. The Kier molecular flexibility index (Phi) is 2.96. The summed E-state index contributed by atoms with van der Waals surface area (Å²) in [7, 11) is -9.66. The van der Waals surface area contributed by atoms with Crippen LogP contribution in [0.15, 0.2) is 41.3 Å². The van der Waals surface area contributed by atoms with Crippen LogP contribution in [-0.2, 0) is 0 Å². The molecule has 1 aromatic carbocycles. The molecule has 2 nitrogen and oxygen atoms in total. The van der Waals surface area contributed by atoms with Crippen molar-refractivity contribution >= 4 is 21.8 Å². The SMILES string of the molecule is FS(F)(F)(F)(F)c1ccc(Oc2cc[c]c(Cl)n2)cc1. The minimum atomic E-state index is -9.66. The van der Waals surface area contributed by atoms with Crippen LogP contribution < -0.4 is 4.74 Å². The lowest BCUT2D eigenvalue weighted by molar-refractivity contribution is 0.363. The van der Waals surface area contributed by atoms with Crippen LogP contribution in [0.3, 0.4) is 0 Å². The van der Waals surface area contributed by atoms with Crippen molar-refractivity contribution in [2.75, 3.05) is 0 Å². The smallest absolute Gasteiger partial charge is 0.310 e. The summed E-state index contributed by atoms with van der Waals surface area (Å²) in [5.74, 6) is -0.0702. The Hall–Kier alpha value is -1.54. The molecule has 2 aromatic rings. The first-order chi connectivity index (χ1) is 8.94. The van der Waals surface area contributed by atoms with Crippen molar-refractivity contribution in [3.05, 3.63) is 47.6 Å². The van der Waals surface area contributed by atoms with E-state index in [1.165, 1.54) is 12.1 Å². The average Bonchev–Trinajstić information content (AvgIpc) is 2.26. The van der Waals surface area contributed by atoms with Gasteiger partial charge in [-0.15, -0.1) is 0 Å². The van der Waals surface area contributed by atoms with E-state index in [0.29, 0.717) is 0 Å². The lowest BCUT2D eigenvalue weighted by atomic mass is 10.3. The van der Waals surface area contributed by atoms with E-state index in [2.05, 4.69) is 11.1 Å². The van der Waals surface area contributed by atoms with E-state index < -0.39 is 15.1 Å². The number of halogens is 6. The molecule has 109 valence electrons. The molecule has 9 heteroatoms. The van der Waals surface area contributed by atoms with Gasteiger partial charge in [0.1, 0.15) is 15.8 Å². The third kappa shape index (κ3) is 3.73. The van der Waals surface area contributed by atoms with Gasteiger partial charge in [0, 0.05) is 12.1 Å². The maximum absolute atomic E-state index is 12.5. The fourth-order valence-corrected chi connectivity index (χ4v) is 2.09. The number of aromatic nitrogens is 1. The van der Waals surface area contributed by atoms with Gasteiger partial charge in [-0.1, -0.05) is 31.0 Å². The second kappa shape index (κ2) is 3.98. The van der Waals surface area contributed by atoms with E-state index in [-0.39, 0.29) is 28.9 Å². The molecule has 0 atom stereocenters. The summed E-state index contributed by atoms with van der Waals surface area (Å²) in [5.41, 5.74) is 0. The predicted molar refractivity (Wildman–Crippen MR) is 66.0 cm³/mol. The predicted octanol–water partition coefficient (Wildman–Crippen LogP) is 5.98. The first-order valence-electron chi connectivity index (χ1n) is 5.00. The lowest BCUT2D eigenvalue weighted by Gasteiger charge is -2.40. The summed E-state index contributed by atoms with van der Waals surface area (Å²) in [6, 6.07) is 7.36. The second-order valence-corrected chi connectivity index (χ2v) is 6.53. The van der Waals surface area contributed by atoms with Crippen LogP contribution in [-0.4, -0.2) is 4.98 Å². The molecule has 0 N–H and O–H groups in total. The number of nitrogens with zero attached hydrogens (tertiary/aromatic N) is 1. The summed E-state index contributed by atoms with van der Waals surface area (Å²) in [4.78, 5) is 1.71. The quantitative estimate of drug-likeness (QED) is 0.510. The summed E-state index contributed by atoms with van der Waals surface area (Å²) < 4.78 is 67.5. The zero-order chi connectivity index (χ0) is 15.1. The van der Waals surface area contributed by atoms with E-state index in [4.69, 9.17) is 16.3 Å². The van der Waals surface area contributed by atoms with Gasteiger partial charge < -0.3 is 4.74 Å². The van der Waals surface area contributed by atoms with Gasteiger partial charge in [-0.3, -0.25) is 0 Å². The topological polar surface area (TPSA) is 22.1 Å². The van der Waals surface area contributed by atoms with Crippen LogP contribution in [0.4, 0.5) is 19.4 Å². The first kappa shape index (κ1) is 14.9. The highest BCUT2D eigenvalue weighted by molar-refractivity contribution is 8.45. The molecule has 0 aliphatic heterocycles. The van der Waals surface area contributed by atoms with Gasteiger partial charge in [-0.25, -0.2) is 4.98 Å². The Bertz CT molecular complexity index is 644. The maximum Gasteiger partial charge on any atom is 0.310 e. The largest absolute Gasteiger partial charge is 0.439 e. The van der Waals surface area contributed by atoms with Crippen molar-refractivity contribution in [3.8, 4) is 11.6 Å². The van der Waals surface area contributed by atoms with Crippen LogP contribution >= 0.6 is 21.8 Å². The molecule has 0 saturated carbocycles. The van der Waals surface area contributed by atoms with Gasteiger partial charge in [0.15, 0.2) is 0 Å². The molecule has 20 heavy (non-hydrogen) atoms. The highest BCUT2D eigenvalue weighted by Crippen LogP contribution is 3.02.